The minimum absolute atomic E-state index is 0.0130. The molecule has 1 atom stereocenters. The van der Waals surface area contributed by atoms with E-state index in [1.165, 1.54) is 0 Å². The number of carbonyl (C=O) groups excluding carboxylic acids is 1. The number of hydrogen-bond donors (Lipinski definition) is 0. The maximum Gasteiger partial charge on any atom is 0.417 e. The van der Waals surface area contributed by atoms with Crippen molar-refractivity contribution in [2.45, 2.75) is 63.0 Å². The van der Waals surface area contributed by atoms with E-state index >= 15 is 4.39 Å². The summed E-state index contributed by atoms with van der Waals surface area (Å²) in [4.78, 5) is 12.7. The van der Waals surface area contributed by atoms with Gasteiger partial charge in [0.2, 0.25) is 5.92 Å². The molecule has 2 aromatic carbocycles. The first-order valence-corrected chi connectivity index (χ1v) is 12.5. The van der Waals surface area contributed by atoms with Crippen LogP contribution in [0.1, 0.15) is 72.0 Å². The molecule has 3 rings (SSSR count). The summed E-state index contributed by atoms with van der Waals surface area (Å²) in [5.74, 6) is -11.3. The summed E-state index contributed by atoms with van der Waals surface area (Å²) in [6, 6.07) is 4.09. The number of hydrogen-bond acceptors (Lipinski definition) is 1. The van der Waals surface area contributed by atoms with E-state index in [-0.39, 0.29) is 39.9 Å². The van der Waals surface area contributed by atoms with Crippen LogP contribution in [0, 0.1) is 5.92 Å². The molecule has 12 heteroatoms. The van der Waals surface area contributed by atoms with E-state index in [1.807, 2.05) is 0 Å². The number of ketones is 1. The van der Waals surface area contributed by atoms with Crippen molar-refractivity contribution in [3.05, 3.63) is 73.7 Å². The summed E-state index contributed by atoms with van der Waals surface area (Å²) in [5, 5.41) is -0.473. The molecule has 0 aromatic heterocycles. The number of Topliss-reactive ketones (excluding diaryl/α,β-unsaturated/α-hetero) is 1. The lowest BCUT2D eigenvalue weighted by Gasteiger charge is -2.28. The van der Waals surface area contributed by atoms with Crippen LogP contribution in [-0.2, 0) is 6.18 Å². The van der Waals surface area contributed by atoms with Gasteiger partial charge >= 0.3 is 6.18 Å². The zero-order valence-corrected chi connectivity index (χ0v) is 22.0. The lowest BCUT2D eigenvalue weighted by molar-refractivity contribution is -0.137. The zero-order valence-electron chi connectivity index (χ0n) is 19.7. The summed E-state index contributed by atoms with van der Waals surface area (Å²) in [6.07, 6.45) is -5.96. The predicted molar refractivity (Wildman–Crippen MR) is 131 cm³/mol. The van der Waals surface area contributed by atoms with Crippen LogP contribution in [-0.4, -0.2) is 17.6 Å². The molecule has 1 aliphatic carbocycles. The summed E-state index contributed by atoms with van der Waals surface area (Å²) < 4.78 is 112. The molecule has 1 fully saturated rings. The maximum atomic E-state index is 15.1. The van der Waals surface area contributed by atoms with Crippen LogP contribution < -0.4 is 0 Å². The van der Waals surface area contributed by atoms with Gasteiger partial charge in [0.15, 0.2) is 5.78 Å². The Labute approximate surface area is 228 Å². The van der Waals surface area contributed by atoms with Crippen LogP contribution in [0.15, 0.2) is 36.4 Å². The van der Waals surface area contributed by atoms with Gasteiger partial charge in [-0.15, -0.1) is 0 Å². The van der Waals surface area contributed by atoms with E-state index in [0.29, 0.717) is 19.1 Å². The van der Waals surface area contributed by atoms with Crippen LogP contribution in [0.4, 0.5) is 35.1 Å². The highest BCUT2D eigenvalue weighted by Gasteiger charge is 2.39. The van der Waals surface area contributed by atoms with Crippen LogP contribution in [0.25, 0.3) is 5.83 Å². The lowest BCUT2D eigenvalue weighted by Crippen LogP contribution is -2.26. The van der Waals surface area contributed by atoms with Crippen LogP contribution in [0.5, 0.6) is 0 Å². The molecular formula is C26H21Cl3F8O. The first-order valence-electron chi connectivity index (χ1n) is 11.4. The van der Waals surface area contributed by atoms with Crippen LogP contribution in [0.2, 0.25) is 15.1 Å². The Morgan fingerprint density at radius 1 is 1.03 bits per heavy atom. The molecule has 0 radical (unpaired) electrons. The summed E-state index contributed by atoms with van der Waals surface area (Å²) in [5.41, 5.74) is -3.12. The van der Waals surface area contributed by atoms with Gasteiger partial charge in [0.05, 0.1) is 26.5 Å². The van der Waals surface area contributed by atoms with Gasteiger partial charge in [0.1, 0.15) is 5.83 Å². The number of halogens is 11. The summed E-state index contributed by atoms with van der Waals surface area (Å²) >= 11 is 17.6. The van der Waals surface area contributed by atoms with Crippen molar-refractivity contribution in [2.24, 2.45) is 5.92 Å². The molecule has 0 aliphatic heterocycles. The number of alkyl halides is 7. The number of allylic oxidation sites excluding steroid dienone is 1. The molecule has 0 amide bonds. The largest absolute Gasteiger partial charge is 0.417 e. The van der Waals surface area contributed by atoms with E-state index in [2.05, 4.69) is 0 Å². The van der Waals surface area contributed by atoms with E-state index in [4.69, 9.17) is 34.8 Å². The second-order valence-electron chi connectivity index (χ2n) is 9.43. The highest BCUT2D eigenvalue weighted by Crippen LogP contribution is 2.43. The van der Waals surface area contributed by atoms with Crippen molar-refractivity contribution in [3.63, 3.8) is 0 Å². The fourth-order valence-corrected chi connectivity index (χ4v) is 4.99. The Morgan fingerprint density at radius 2 is 1.58 bits per heavy atom. The normalized spacial score (nSPS) is 17.9. The summed E-state index contributed by atoms with van der Waals surface area (Å²) in [7, 11) is 0. The fraction of sp³-hybridized carbons (Fsp3) is 0.423. The zero-order chi connectivity index (χ0) is 28.6. The molecule has 0 saturated heterocycles. The lowest BCUT2D eigenvalue weighted by atomic mass is 9.82. The van der Waals surface area contributed by atoms with Crippen LogP contribution >= 0.6 is 34.8 Å². The molecule has 0 heterocycles. The van der Waals surface area contributed by atoms with Gasteiger partial charge in [-0.3, -0.25) is 4.79 Å². The Hall–Kier alpha value is -1.84. The monoisotopic (exact) mass is 606 g/mol. The van der Waals surface area contributed by atoms with Gasteiger partial charge in [0, 0.05) is 37.3 Å². The average molecular weight is 608 g/mol. The Morgan fingerprint density at radius 3 is 2.08 bits per heavy atom. The van der Waals surface area contributed by atoms with Crippen molar-refractivity contribution < 1.29 is 39.9 Å². The van der Waals surface area contributed by atoms with E-state index in [9.17, 15) is 35.5 Å². The third-order valence-electron chi connectivity index (χ3n) is 6.44. The van der Waals surface area contributed by atoms with E-state index < -0.39 is 71.0 Å². The van der Waals surface area contributed by atoms with Gasteiger partial charge in [0.25, 0.3) is 5.92 Å². The van der Waals surface area contributed by atoms with E-state index in [0.717, 1.165) is 24.3 Å². The van der Waals surface area contributed by atoms with Crippen molar-refractivity contribution in [3.8, 4) is 0 Å². The van der Waals surface area contributed by atoms with Crippen molar-refractivity contribution >= 4 is 46.4 Å². The molecule has 0 N–H and O–H groups in total. The minimum atomic E-state index is -5.08. The maximum absolute atomic E-state index is 15.1. The molecule has 1 unspecified atom stereocenters. The standard InChI is InChI=1S/C26H21Cl3F8O/c1-24(31,32)17(15-10-19(27)23(29)20(28)11-15)12-21(30)14-2-3-16(18(9-14)26(35,36)37)22(38)8-13-4-6-25(33,34)7-5-13/h2-3,9-13,17H,4-8H2,1H3/b21-12-. The number of carbonyl (C=O) groups is 1. The third-order valence-corrected chi connectivity index (χ3v) is 7.63. The number of benzene rings is 2. The highest BCUT2D eigenvalue weighted by atomic mass is 35.5. The minimum Gasteiger partial charge on any atom is -0.294 e. The van der Waals surface area contributed by atoms with Gasteiger partial charge in [-0.1, -0.05) is 46.9 Å². The van der Waals surface area contributed by atoms with Gasteiger partial charge in [-0.05, 0) is 48.6 Å². The first-order chi connectivity index (χ1) is 17.4. The molecule has 1 nitrogen and oxygen atoms in total. The first kappa shape index (κ1) is 30.7. The average Bonchev–Trinajstić information content (AvgIpc) is 2.80. The Balaban J connectivity index is 1.96. The second kappa shape index (κ2) is 11.3. The van der Waals surface area contributed by atoms with Crippen molar-refractivity contribution in [2.75, 3.05) is 0 Å². The van der Waals surface area contributed by atoms with E-state index in [1.54, 1.807) is 0 Å². The van der Waals surface area contributed by atoms with Gasteiger partial charge in [-0.2, -0.15) is 13.2 Å². The van der Waals surface area contributed by atoms with Crippen molar-refractivity contribution in [1.29, 1.82) is 0 Å². The fourth-order valence-electron chi connectivity index (χ4n) is 4.38. The quantitative estimate of drug-likeness (QED) is 0.174. The smallest absolute Gasteiger partial charge is 0.294 e. The molecule has 38 heavy (non-hydrogen) atoms. The van der Waals surface area contributed by atoms with Gasteiger partial charge in [-0.25, -0.2) is 22.0 Å². The molecule has 0 bridgehead atoms. The predicted octanol–water partition coefficient (Wildman–Crippen LogP) is 10.8. The van der Waals surface area contributed by atoms with Crippen molar-refractivity contribution in [1.82, 2.24) is 0 Å². The van der Waals surface area contributed by atoms with Gasteiger partial charge < -0.3 is 0 Å². The third kappa shape index (κ3) is 7.42. The number of rotatable bonds is 7. The highest BCUT2D eigenvalue weighted by molar-refractivity contribution is 6.48. The topological polar surface area (TPSA) is 17.1 Å². The molecule has 1 aliphatic rings. The SMILES string of the molecule is CC(F)(F)C(/C=C(\F)c1ccc(C(=O)CC2CCC(F)(F)CC2)c(C(F)(F)F)c1)c1cc(Cl)c(Cl)c(Cl)c1. The molecule has 1 saturated carbocycles. The molecular weight excluding hydrogens is 587 g/mol. The Kier molecular flexibility index (Phi) is 9.16. The molecule has 0 spiro atoms. The molecule has 2 aromatic rings. The molecule has 208 valence electrons. The van der Waals surface area contributed by atoms with Crippen LogP contribution in [0.3, 0.4) is 0 Å². The second-order valence-corrected chi connectivity index (χ2v) is 10.6. The Bertz CT molecular complexity index is 1200. The summed E-state index contributed by atoms with van der Waals surface area (Å²) in [6.45, 7) is 0.488.